The summed E-state index contributed by atoms with van der Waals surface area (Å²) in [5, 5.41) is 7.33. The quantitative estimate of drug-likeness (QED) is 0.499. The Morgan fingerprint density at radius 1 is 1.40 bits per heavy atom. The van der Waals surface area contributed by atoms with Gasteiger partial charge in [0.15, 0.2) is 0 Å². The molecule has 0 radical (unpaired) electrons. The van der Waals surface area contributed by atoms with Gasteiger partial charge in [0.25, 0.3) is 0 Å². The number of rotatable bonds is 3. The molecule has 8 heteroatoms. The topological polar surface area (TPSA) is 84.9 Å². The second-order valence-corrected chi connectivity index (χ2v) is 5.15. The summed E-state index contributed by atoms with van der Waals surface area (Å²) >= 11 is 8.85. The van der Waals surface area contributed by atoms with E-state index < -0.39 is 5.82 Å². The van der Waals surface area contributed by atoms with Crippen molar-refractivity contribution in [3.63, 3.8) is 0 Å². The molecule has 1 aromatic carbocycles. The standard InChI is InChI=1S/C12H9BrClFN4O/c1-5-2-9(11(16)17)19-12(18-5)20-10-4-8(15)7(14)3-6(10)13/h2-4H,1H3,(H3,16,17). The second-order valence-electron chi connectivity index (χ2n) is 3.89. The van der Waals surface area contributed by atoms with Crippen molar-refractivity contribution in [2.45, 2.75) is 6.92 Å². The van der Waals surface area contributed by atoms with E-state index in [1.54, 1.807) is 13.0 Å². The highest BCUT2D eigenvalue weighted by Gasteiger charge is 2.12. The highest BCUT2D eigenvalue weighted by molar-refractivity contribution is 9.10. The van der Waals surface area contributed by atoms with E-state index in [2.05, 4.69) is 25.9 Å². The monoisotopic (exact) mass is 358 g/mol. The molecule has 2 rings (SSSR count). The first-order valence-electron chi connectivity index (χ1n) is 5.39. The number of amidine groups is 1. The molecule has 0 fully saturated rings. The first kappa shape index (κ1) is 14.7. The van der Waals surface area contributed by atoms with Crippen LogP contribution in [0.25, 0.3) is 0 Å². The predicted molar refractivity (Wildman–Crippen MR) is 77.0 cm³/mol. The Balaban J connectivity index is 2.40. The molecule has 0 saturated carbocycles. The summed E-state index contributed by atoms with van der Waals surface area (Å²) in [5.74, 6) is -0.655. The van der Waals surface area contributed by atoms with Crippen molar-refractivity contribution in [2.75, 3.05) is 0 Å². The highest BCUT2D eigenvalue weighted by atomic mass is 79.9. The SMILES string of the molecule is Cc1cc(C(=N)N)nc(Oc2cc(F)c(Cl)cc2Br)n1. The van der Waals surface area contributed by atoms with Gasteiger partial charge in [-0.2, -0.15) is 4.98 Å². The zero-order valence-corrected chi connectivity index (χ0v) is 12.6. The van der Waals surface area contributed by atoms with E-state index in [1.807, 2.05) is 0 Å². The molecule has 0 aliphatic rings. The van der Waals surface area contributed by atoms with Gasteiger partial charge in [-0.05, 0) is 35.0 Å². The van der Waals surface area contributed by atoms with Gasteiger partial charge in [0.1, 0.15) is 23.1 Å². The Morgan fingerprint density at radius 2 is 2.10 bits per heavy atom. The van der Waals surface area contributed by atoms with E-state index in [0.717, 1.165) is 6.07 Å². The van der Waals surface area contributed by atoms with E-state index in [9.17, 15) is 4.39 Å². The fourth-order valence-corrected chi connectivity index (χ4v) is 2.13. The van der Waals surface area contributed by atoms with Crippen LogP contribution in [0.15, 0.2) is 22.7 Å². The number of aromatic nitrogens is 2. The number of halogens is 3. The summed E-state index contributed by atoms with van der Waals surface area (Å²) in [7, 11) is 0. The molecule has 1 heterocycles. The third-order valence-corrected chi connectivity index (χ3v) is 3.20. The van der Waals surface area contributed by atoms with Gasteiger partial charge in [0.2, 0.25) is 0 Å². The van der Waals surface area contributed by atoms with Crippen LogP contribution < -0.4 is 10.5 Å². The third kappa shape index (κ3) is 3.23. The Kier molecular flexibility index (Phi) is 4.20. The van der Waals surface area contributed by atoms with Crippen molar-refractivity contribution in [1.29, 1.82) is 5.41 Å². The van der Waals surface area contributed by atoms with Crippen LogP contribution in [0.1, 0.15) is 11.4 Å². The largest absolute Gasteiger partial charge is 0.423 e. The number of nitrogen functional groups attached to an aromatic ring is 1. The number of hydrogen-bond donors (Lipinski definition) is 2. The van der Waals surface area contributed by atoms with Crippen molar-refractivity contribution in [3.05, 3.63) is 44.9 Å². The van der Waals surface area contributed by atoms with E-state index in [0.29, 0.717) is 10.2 Å². The molecule has 5 nitrogen and oxygen atoms in total. The van der Waals surface area contributed by atoms with Gasteiger partial charge in [-0.25, -0.2) is 9.37 Å². The van der Waals surface area contributed by atoms with Gasteiger partial charge in [-0.15, -0.1) is 0 Å². The predicted octanol–water partition coefficient (Wildman–Crippen LogP) is 3.42. The van der Waals surface area contributed by atoms with Crippen molar-refractivity contribution in [1.82, 2.24) is 9.97 Å². The number of nitrogens with zero attached hydrogens (tertiary/aromatic N) is 2. The van der Waals surface area contributed by atoms with Crippen LogP contribution in [-0.2, 0) is 0 Å². The minimum Gasteiger partial charge on any atom is -0.423 e. The first-order chi connectivity index (χ1) is 9.36. The number of ether oxygens (including phenoxy) is 1. The summed E-state index contributed by atoms with van der Waals surface area (Å²) in [6.07, 6.45) is 0. The van der Waals surface area contributed by atoms with E-state index in [1.165, 1.54) is 6.07 Å². The Morgan fingerprint density at radius 3 is 2.75 bits per heavy atom. The summed E-state index contributed by atoms with van der Waals surface area (Å²) < 4.78 is 19.3. The van der Waals surface area contributed by atoms with E-state index >= 15 is 0 Å². The van der Waals surface area contributed by atoms with E-state index in [-0.39, 0.29) is 28.3 Å². The number of hydrogen-bond acceptors (Lipinski definition) is 4. The molecule has 20 heavy (non-hydrogen) atoms. The molecule has 1 aromatic heterocycles. The fourth-order valence-electron chi connectivity index (χ4n) is 1.41. The number of nitrogens with one attached hydrogen (secondary N) is 1. The molecule has 0 saturated heterocycles. The van der Waals surface area contributed by atoms with Gasteiger partial charge < -0.3 is 10.5 Å². The van der Waals surface area contributed by atoms with Gasteiger partial charge in [0.05, 0.1) is 9.50 Å². The Labute approximate surface area is 127 Å². The molecule has 0 aliphatic heterocycles. The molecule has 0 amide bonds. The lowest BCUT2D eigenvalue weighted by molar-refractivity contribution is 0.433. The second kappa shape index (κ2) is 5.72. The summed E-state index contributed by atoms with van der Waals surface area (Å²) in [6, 6.07) is 4.00. The first-order valence-corrected chi connectivity index (χ1v) is 6.56. The lowest BCUT2D eigenvalue weighted by atomic mass is 10.3. The summed E-state index contributed by atoms with van der Waals surface area (Å²) in [5.41, 5.74) is 6.18. The van der Waals surface area contributed by atoms with Crippen molar-refractivity contribution in [2.24, 2.45) is 5.73 Å². The molecule has 0 unspecified atom stereocenters. The lowest BCUT2D eigenvalue weighted by Gasteiger charge is -2.08. The highest BCUT2D eigenvalue weighted by Crippen LogP contribution is 2.32. The molecule has 3 N–H and O–H groups in total. The van der Waals surface area contributed by atoms with Crippen molar-refractivity contribution < 1.29 is 9.13 Å². The molecular formula is C12H9BrClFN4O. The zero-order chi connectivity index (χ0) is 14.9. The molecule has 0 atom stereocenters. The Bertz CT molecular complexity index is 695. The summed E-state index contributed by atoms with van der Waals surface area (Å²) in [6.45, 7) is 1.71. The Hall–Kier alpha value is -1.73. The van der Waals surface area contributed by atoms with E-state index in [4.69, 9.17) is 27.5 Å². The van der Waals surface area contributed by atoms with Crippen LogP contribution in [0.5, 0.6) is 11.8 Å². The normalized spacial score (nSPS) is 10.4. The molecule has 0 spiro atoms. The van der Waals surface area contributed by atoms with Crippen molar-refractivity contribution in [3.8, 4) is 11.8 Å². The maximum atomic E-state index is 13.4. The molecule has 0 bridgehead atoms. The van der Waals surface area contributed by atoms with Gasteiger partial charge in [-0.3, -0.25) is 5.41 Å². The fraction of sp³-hybridized carbons (Fsp3) is 0.0833. The average Bonchev–Trinajstić information content (AvgIpc) is 2.35. The number of nitrogens with two attached hydrogens (primary N) is 1. The molecule has 2 aromatic rings. The minimum absolute atomic E-state index is 0.0289. The van der Waals surface area contributed by atoms with Crippen LogP contribution >= 0.6 is 27.5 Å². The molecule has 104 valence electrons. The number of benzene rings is 1. The van der Waals surface area contributed by atoms with Crippen LogP contribution in [0, 0.1) is 18.2 Å². The average molecular weight is 360 g/mol. The molecular weight excluding hydrogens is 351 g/mol. The smallest absolute Gasteiger partial charge is 0.322 e. The number of aryl methyl sites for hydroxylation is 1. The van der Waals surface area contributed by atoms with Crippen LogP contribution in [0.4, 0.5) is 4.39 Å². The third-order valence-electron chi connectivity index (χ3n) is 2.29. The minimum atomic E-state index is -0.621. The van der Waals surface area contributed by atoms with Crippen molar-refractivity contribution >= 4 is 33.4 Å². The van der Waals surface area contributed by atoms with Gasteiger partial charge >= 0.3 is 6.01 Å². The zero-order valence-electron chi connectivity index (χ0n) is 10.2. The van der Waals surface area contributed by atoms with Gasteiger partial charge in [0, 0.05) is 11.8 Å². The lowest BCUT2D eigenvalue weighted by Crippen LogP contribution is -2.14. The molecule has 0 aliphatic carbocycles. The van der Waals surface area contributed by atoms with Crippen LogP contribution in [0.2, 0.25) is 5.02 Å². The maximum absolute atomic E-state index is 13.4. The van der Waals surface area contributed by atoms with Crippen LogP contribution in [-0.4, -0.2) is 15.8 Å². The van der Waals surface area contributed by atoms with Crippen LogP contribution in [0.3, 0.4) is 0 Å². The maximum Gasteiger partial charge on any atom is 0.322 e. The van der Waals surface area contributed by atoms with Gasteiger partial charge in [-0.1, -0.05) is 11.6 Å². The summed E-state index contributed by atoms with van der Waals surface area (Å²) in [4.78, 5) is 8.01.